The van der Waals surface area contributed by atoms with E-state index in [0.29, 0.717) is 24.7 Å². The second-order valence-corrected chi connectivity index (χ2v) is 3.78. The third-order valence-corrected chi connectivity index (χ3v) is 2.27. The molecule has 2 rings (SSSR count). The number of hydrogen-bond donors (Lipinski definition) is 3. The average molecular weight is 254 g/mol. The van der Waals surface area contributed by atoms with Gasteiger partial charge in [-0.1, -0.05) is 0 Å². The quantitative estimate of drug-likeness (QED) is 0.672. The highest BCUT2D eigenvalue weighted by molar-refractivity contribution is 7.80. The van der Waals surface area contributed by atoms with E-state index in [1.165, 1.54) is 12.1 Å². The van der Waals surface area contributed by atoms with Gasteiger partial charge in [0, 0.05) is 12.1 Å². The minimum atomic E-state index is -1.10. The largest absolute Gasteiger partial charge is 0.486 e. The smallest absolute Gasteiger partial charge is 0.337 e. The third kappa shape index (κ3) is 2.39. The Hall–Kier alpha value is -2.02. The normalized spacial score (nSPS) is 12.9. The Morgan fingerprint density at radius 3 is 2.47 bits per heavy atom. The van der Waals surface area contributed by atoms with Gasteiger partial charge >= 0.3 is 5.97 Å². The zero-order valence-electron chi connectivity index (χ0n) is 8.73. The van der Waals surface area contributed by atoms with Crippen LogP contribution in [0.4, 0.5) is 5.69 Å². The first-order valence-electron chi connectivity index (χ1n) is 4.81. The first kappa shape index (κ1) is 11.5. The van der Waals surface area contributed by atoms with Gasteiger partial charge in [0.15, 0.2) is 16.6 Å². The van der Waals surface area contributed by atoms with Gasteiger partial charge in [-0.15, -0.1) is 0 Å². The number of carboxylic acids is 1. The molecule has 6 nitrogen and oxygen atoms in total. The lowest BCUT2D eigenvalue weighted by Crippen LogP contribution is -2.22. The van der Waals surface area contributed by atoms with E-state index >= 15 is 0 Å². The zero-order chi connectivity index (χ0) is 12.4. The molecule has 0 unspecified atom stereocenters. The highest BCUT2D eigenvalue weighted by atomic mass is 32.1. The number of nitrogens with two attached hydrogens (primary N) is 1. The van der Waals surface area contributed by atoms with Crippen molar-refractivity contribution in [1.82, 2.24) is 0 Å². The van der Waals surface area contributed by atoms with E-state index in [-0.39, 0.29) is 16.4 Å². The van der Waals surface area contributed by atoms with Gasteiger partial charge in [-0.3, -0.25) is 0 Å². The molecule has 0 saturated carbocycles. The van der Waals surface area contributed by atoms with E-state index in [2.05, 4.69) is 17.5 Å². The number of anilines is 1. The molecule has 90 valence electrons. The van der Waals surface area contributed by atoms with E-state index in [1.807, 2.05) is 0 Å². The van der Waals surface area contributed by atoms with Crippen molar-refractivity contribution in [2.45, 2.75) is 0 Å². The SMILES string of the molecule is NC(=S)Nc1cc2c(cc1C(=O)O)OCCO2. The number of nitrogens with one attached hydrogen (secondary N) is 1. The topological polar surface area (TPSA) is 93.8 Å². The summed E-state index contributed by atoms with van der Waals surface area (Å²) in [6.45, 7) is 0.820. The molecule has 17 heavy (non-hydrogen) atoms. The Morgan fingerprint density at radius 2 is 1.94 bits per heavy atom. The molecule has 1 heterocycles. The van der Waals surface area contributed by atoms with Crippen LogP contribution in [0.15, 0.2) is 12.1 Å². The van der Waals surface area contributed by atoms with Gasteiger partial charge in [0.1, 0.15) is 13.2 Å². The highest BCUT2D eigenvalue weighted by Crippen LogP contribution is 2.35. The number of aromatic carboxylic acids is 1. The van der Waals surface area contributed by atoms with Gasteiger partial charge in [-0.05, 0) is 12.2 Å². The van der Waals surface area contributed by atoms with Crippen LogP contribution >= 0.6 is 12.2 Å². The minimum Gasteiger partial charge on any atom is -0.486 e. The first-order chi connectivity index (χ1) is 8.08. The Bertz CT molecular complexity index is 489. The number of carbonyl (C=O) groups is 1. The van der Waals surface area contributed by atoms with Crippen molar-refractivity contribution in [3.05, 3.63) is 17.7 Å². The molecule has 1 aliphatic rings. The molecular formula is C10H10N2O4S. The second kappa shape index (κ2) is 4.46. The maximum atomic E-state index is 11.1. The van der Waals surface area contributed by atoms with Crippen molar-refractivity contribution in [1.29, 1.82) is 0 Å². The average Bonchev–Trinajstić information content (AvgIpc) is 2.27. The molecule has 0 aliphatic carbocycles. The summed E-state index contributed by atoms with van der Waals surface area (Å²) < 4.78 is 10.6. The summed E-state index contributed by atoms with van der Waals surface area (Å²) in [6.07, 6.45) is 0. The third-order valence-electron chi connectivity index (χ3n) is 2.17. The fourth-order valence-corrected chi connectivity index (χ4v) is 1.61. The van der Waals surface area contributed by atoms with Gasteiger partial charge in [0.05, 0.1) is 11.3 Å². The summed E-state index contributed by atoms with van der Waals surface area (Å²) in [5.74, 6) is -0.220. The zero-order valence-corrected chi connectivity index (χ0v) is 9.54. The molecule has 0 atom stereocenters. The molecule has 0 spiro atoms. The van der Waals surface area contributed by atoms with Crippen LogP contribution in [-0.4, -0.2) is 29.4 Å². The van der Waals surface area contributed by atoms with Crippen LogP contribution in [0.2, 0.25) is 0 Å². The molecule has 1 aromatic rings. The monoisotopic (exact) mass is 254 g/mol. The number of fused-ring (bicyclic) bond motifs is 1. The van der Waals surface area contributed by atoms with E-state index < -0.39 is 5.97 Å². The van der Waals surface area contributed by atoms with Gasteiger partial charge in [0.25, 0.3) is 0 Å². The van der Waals surface area contributed by atoms with Crippen molar-refractivity contribution < 1.29 is 19.4 Å². The number of rotatable bonds is 2. The number of carboxylic acid groups (broad SMARTS) is 1. The Labute approximate surface area is 102 Å². The molecule has 0 amide bonds. The molecular weight excluding hydrogens is 244 g/mol. The van der Waals surface area contributed by atoms with Crippen molar-refractivity contribution in [2.75, 3.05) is 18.5 Å². The van der Waals surface area contributed by atoms with Crippen LogP contribution in [0.3, 0.4) is 0 Å². The van der Waals surface area contributed by atoms with Crippen LogP contribution in [0.25, 0.3) is 0 Å². The standard InChI is InChI=1S/C10H10N2O4S/c11-10(17)12-6-4-8-7(15-1-2-16-8)3-5(6)9(13)14/h3-4H,1-2H2,(H,13,14)(H3,11,12,17). The predicted molar refractivity (Wildman–Crippen MR) is 64.8 cm³/mol. The minimum absolute atomic E-state index is 0.0100. The van der Waals surface area contributed by atoms with Crippen LogP contribution < -0.4 is 20.5 Å². The number of thiocarbonyl (C=S) groups is 1. The number of ether oxygens (including phenoxy) is 2. The summed E-state index contributed by atoms with van der Waals surface area (Å²) in [4.78, 5) is 11.1. The lowest BCUT2D eigenvalue weighted by Gasteiger charge is -2.20. The predicted octanol–water partition coefficient (Wildman–Crippen LogP) is 0.811. The summed E-state index contributed by atoms with van der Waals surface area (Å²) in [7, 11) is 0. The molecule has 0 saturated heterocycles. The fourth-order valence-electron chi connectivity index (χ4n) is 1.50. The molecule has 0 fully saturated rings. The van der Waals surface area contributed by atoms with Crippen LogP contribution in [0.1, 0.15) is 10.4 Å². The molecule has 4 N–H and O–H groups in total. The molecule has 7 heteroatoms. The maximum absolute atomic E-state index is 11.1. The van der Waals surface area contributed by atoms with E-state index in [0.717, 1.165) is 0 Å². The molecule has 1 aliphatic heterocycles. The summed E-state index contributed by atoms with van der Waals surface area (Å²) in [6, 6.07) is 2.90. The van der Waals surface area contributed by atoms with Crippen LogP contribution in [0.5, 0.6) is 11.5 Å². The second-order valence-electron chi connectivity index (χ2n) is 3.34. The van der Waals surface area contributed by atoms with E-state index in [1.54, 1.807) is 0 Å². The van der Waals surface area contributed by atoms with Crippen molar-refractivity contribution in [3.8, 4) is 11.5 Å². The van der Waals surface area contributed by atoms with Gasteiger partial charge < -0.3 is 25.6 Å². The lowest BCUT2D eigenvalue weighted by molar-refractivity contribution is 0.0697. The van der Waals surface area contributed by atoms with E-state index in [9.17, 15) is 4.79 Å². The van der Waals surface area contributed by atoms with Gasteiger partial charge in [0.2, 0.25) is 0 Å². The molecule has 1 aromatic carbocycles. The summed E-state index contributed by atoms with van der Waals surface area (Å²) in [5.41, 5.74) is 5.64. The maximum Gasteiger partial charge on any atom is 0.337 e. The number of hydrogen-bond acceptors (Lipinski definition) is 4. The molecule has 0 radical (unpaired) electrons. The van der Waals surface area contributed by atoms with Crippen molar-refractivity contribution in [3.63, 3.8) is 0 Å². The first-order valence-corrected chi connectivity index (χ1v) is 5.22. The highest BCUT2D eigenvalue weighted by Gasteiger charge is 2.19. The Kier molecular flexibility index (Phi) is 3.01. The van der Waals surface area contributed by atoms with Gasteiger partial charge in [-0.25, -0.2) is 4.79 Å². The fraction of sp³-hybridized carbons (Fsp3) is 0.200. The Balaban J connectivity index is 2.47. The van der Waals surface area contributed by atoms with Crippen LogP contribution in [-0.2, 0) is 0 Å². The summed E-state index contributed by atoms with van der Waals surface area (Å²) in [5, 5.41) is 11.6. The Morgan fingerprint density at radius 1 is 1.35 bits per heavy atom. The van der Waals surface area contributed by atoms with Crippen molar-refractivity contribution >= 4 is 29.0 Å². The van der Waals surface area contributed by atoms with E-state index in [4.69, 9.17) is 20.3 Å². The van der Waals surface area contributed by atoms with Gasteiger partial charge in [-0.2, -0.15) is 0 Å². The molecule has 0 bridgehead atoms. The van der Waals surface area contributed by atoms with Crippen molar-refractivity contribution in [2.24, 2.45) is 5.73 Å². The lowest BCUT2D eigenvalue weighted by atomic mass is 10.1. The number of benzene rings is 1. The molecule has 0 aromatic heterocycles. The van der Waals surface area contributed by atoms with Crippen LogP contribution in [0, 0.1) is 0 Å². The summed E-state index contributed by atoms with van der Waals surface area (Å²) >= 11 is 4.68.